The molecule has 0 aromatic carbocycles. The zero-order chi connectivity index (χ0) is 22.3. The number of pyridine rings is 1. The number of anilines is 1. The van der Waals surface area contributed by atoms with Gasteiger partial charge in [0.1, 0.15) is 0 Å². The van der Waals surface area contributed by atoms with Gasteiger partial charge in [-0.15, -0.1) is 0 Å². The molecule has 32 heavy (non-hydrogen) atoms. The summed E-state index contributed by atoms with van der Waals surface area (Å²) < 4.78 is 6.26. The minimum absolute atomic E-state index is 0.0396. The Labute approximate surface area is 193 Å². The molecule has 0 bridgehead atoms. The molecule has 5 aliphatic carbocycles. The topological polar surface area (TPSA) is 51.2 Å². The molecule has 0 radical (unpaired) electrons. The maximum absolute atomic E-state index is 13.2. The maximum atomic E-state index is 13.2. The number of aromatic nitrogens is 1. The van der Waals surface area contributed by atoms with Crippen molar-refractivity contribution in [2.24, 2.45) is 51.8 Å². The number of carbonyl (C=O) groups is 1. The molecule has 6 rings (SSSR count). The van der Waals surface area contributed by atoms with Crippen LogP contribution in [0, 0.1) is 51.8 Å². The van der Waals surface area contributed by atoms with Crippen molar-refractivity contribution in [3.63, 3.8) is 0 Å². The second kappa shape index (κ2) is 7.04. The van der Waals surface area contributed by atoms with Gasteiger partial charge in [0.25, 0.3) is 0 Å². The summed E-state index contributed by atoms with van der Waals surface area (Å²) >= 11 is 0. The number of hydrogen-bond acceptors (Lipinski definition) is 3. The Morgan fingerprint density at radius 2 is 1.91 bits per heavy atom. The first kappa shape index (κ1) is 21.1. The minimum Gasteiger partial charge on any atom is -0.381 e. The quantitative estimate of drug-likeness (QED) is 0.635. The summed E-state index contributed by atoms with van der Waals surface area (Å²) in [7, 11) is 1.97. The highest BCUT2D eigenvalue weighted by Crippen LogP contribution is 2.82. The van der Waals surface area contributed by atoms with Crippen LogP contribution >= 0.6 is 0 Å². The van der Waals surface area contributed by atoms with Gasteiger partial charge in [0.2, 0.25) is 5.91 Å². The second-order valence-corrected chi connectivity index (χ2v) is 12.5. The maximum Gasteiger partial charge on any atom is 0.227 e. The summed E-state index contributed by atoms with van der Waals surface area (Å²) in [5.41, 5.74) is 2.10. The summed E-state index contributed by atoms with van der Waals surface area (Å²) in [6.45, 7) is 7.34. The van der Waals surface area contributed by atoms with E-state index in [4.69, 9.17) is 4.74 Å². The van der Waals surface area contributed by atoms with Gasteiger partial charge in [-0.3, -0.25) is 9.78 Å². The molecule has 10 atom stereocenters. The van der Waals surface area contributed by atoms with Crippen LogP contribution in [0.3, 0.4) is 0 Å². The minimum atomic E-state index is 0.0396. The van der Waals surface area contributed by atoms with E-state index in [0.717, 1.165) is 29.4 Å². The molecule has 1 amide bonds. The Morgan fingerprint density at radius 3 is 2.62 bits per heavy atom. The lowest BCUT2D eigenvalue weighted by Gasteiger charge is -2.61. The lowest BCUT2D eigenvalue weighted by atomic mass is 9.45. The predicted molar refractivity (Wildman–Crippen MR) is 126 cm³/mol. The summed E-state index contributed by atoms with van der Waals surface area (Å²) in [5, 5.41) is 3.15. The first-order chi connectivity index (χ1) is 15.3. The third-order valence-corrected chi connectivity index (χ3v) is 11.9. The van der Waals surface area contributed by atoms with Crippen molar-refractivity contribution in [1.82, 2.24) is 4.98 Å². The van der Waals surface area contributed by atoms with E-state index in [2.05, 4.69) is 31.1 Å². The highest BCUT2D eigenvalue weighted by Gasteiger charge is 2.77. The van der Waals surface area contributed by atoms with E-state index in [-0.39, 0.29) is 17.2 Å². The van der Waals surface area contributed by atoms with Crippen molar-refractivity contribution in [2.75, 3.05) is 12.4 Å². The number of methoxy groups -OCH3 is 1. The fraction of sp³-hybridized carbons (Fsp3) is 0.786. The Balaban J connectivity index is 1.24. The summed E-state index contributed by atoms with van der Waals surface area (Å²) in [6.07, 6.45) is 14.6. The van der Waals surface area contributed by atoms with Crippen LogP contribution in [0.25, 0.3) is 0 Å². The van der Waals surface area contributed by atoms with Crippen LogP contribution in [0.1, 0.15) is 72.1 Å². The van der Waals surface area contributed by atoms with E-state index in [9.17, 15) is 4.79 Å². The fourth-order valence-corrected chi connectivity index (χ4v) is 10.3. The van der Waals surface area contributed by atoms with Gasteiger partial charge < -0.3 is 10.1 Å². The van der Waals surface area contributed by atoms with Crippen molar-refractivity contribution in [1.29, 1.82) is 0 Å². The Bertz CT molecular complexity index is 904. The van der Waals surface area contributed by atoms with Crippen LogP contribution in [0.2, 0.25) is 0 Å². The van der Waals surface area contributed by atoms with Gasteiger partial charge in [-0.1, -0.05) is 20.8 Å². The normalized spacial score (nSPS) is 49.4. The van der Waals surface area contributed by atoms with E-state index in [1.165, 1.54) is 51.4 Å². The average molecular weight is 437 g/mol. The van der Waals surface area contributed by atoms with Gasteiger partial charge in [-0.25, -0.2) is 0 Å². The molecule has 4 heteroatoms. The molecule has 2 unspecified atom stereocenters. The second-order valence-electron chi connectivity index (χ2n) is 12.5. The average Bonchev–Trinajstić information content (AvgIpc) is 3.30. The molecule has 5 saturated carbocycles. The van der Waals surface area contributed by atoms with E-state index in [1.807, 2.05) is 19.2 Å². The van der Waals surface area contributed by atoms with Crippen molar-refractivity contribution < 1.29 is 9.53 Å². The van der Waals surface area contributed by atoms with Crippen molar-refractivity contribution in [3.8, 4) is 0 Å². The van der Waals surface area contributed by atoms with Crippen LogP contribution in [-0.4, -0.2) is 24.1 Å². The molecule has 4 nitrogen and oxygen atoms in total. The molecule has 1 N–H and O–H groups in total. The first-order valence-electron chi connectivity index (χ1n) is 13.1. The third kappa shape index (κ3) is 2.59. The van der Waals surface area contributed by atoms with Crippen LogP contribution in [0.5, 0.6) is 0 Å². The molecule has 5 aliphatic rings. The van der Waals surface area contributed by atoms with E-state index >= 15 is 0 Å². The largest absolute Gasteiger partial charge is 0.381 e. The van der Waals surface area contributed by atoms with Gasteiger partial charge in [-0.05, 0) is 104 Å². The predicted octanol–water partition coefficient (Wildman–Crippen LogP) is 5.94. The van der Waals surface area contributed by atoms with E-state index < -0.39 is 0 Å². The lowest BCUT2D eigenvalue weighted by molar-refractivity contribution is -0.161. The van der Waals surface area contributed by atoms with Gasteiger partial charge in [0, 0.05) is 36.5 Å². The Morgan fingerprint density at radius 1 is 1.12 bits per heavy atom. The van der Waals surface area contributed by atoms with Crippen LogP contribution < -0.4 is 5.32 Å². The zero-order valence-electron chi connectivity index (χ0n) is 20.3. The summed E-state index contributed by atoms with van der Waals surface area (Å²) in [5.74, 6) is 3.99. The van der Waals surface area contributed by atoms with E-state index in [1.54, 1.807) is 12.4 Å². The highest BCUT2D eigenvalue weighted by molar-refractivity contribution is 5.92. The molecular weight excluding hydrogens is 396 g/mol. The van der Waals surface area contributed by atoms with Crippen LogP contribution in [-0.2, 0) is 9.53 Å². The molecule has 5 fully saturated rings. The SMILES string of the molecule is COC1C[C@H]2[C@@H]3CC[C@H](C(C)C(=O)Nc4ccncc4)[C@@]3(C)CC[C@@H]2[C@@]2(C)CC[C@@H]3C[C@@]132. The number of fused-ring (bicyclic) bond motifs is 4. The molecular formula is C28H40N2O2. The molecule has 0 saturated heterocycles. The molecule has 1 spiro atoms. The summed E-state index contributed by atoms with van der Waals surface area (Å²) in [6, 6.07) is 3.76. The lowest BCUT2D eigenvalue weighted by Crippen LogP contribution is -2.57. The number of ether oxygens (including phenoxy) is 1. The molecule has 174 valence electrons. The first-order valence-corrected chi connectivity index (χ1v) is 13.1. The third-order valence-electron chi connectivity index (χ3n) is 11.9. The van der Waals surface area contributed by atoms with Crippen LogP contribution in [0.15, 0.2) is 24.5 Å². The van der Waals surface area contributed by atoms with Crippen molar-refractivity contribution in [2.45, 2.75) is 78.2 Å². The number of carbonyl (C=O) groups excluding carboxylic acids is 1. The smallest absolute Gasteiger partial charge is 0.227 e. The molecule has 1 heterocycles. The number of amides is 1. The number of nitrogens with zero attached hydrogens (tertiary/aromatic N) is 1. The van der Waals surface area contributed by atoms with Gasteiger partial charge in [0.05, 0.1) is 6.10 Å². The molecule has 1 aromatic rings. The van der Waals surface area contributed by atoms with Gasteiger partial charge in [0.15, 0.2) is 0 Å². The Kier molecular flexibility index (Phi) is 4.65. The van der Waals surface area contributed by atoms with Crippen molar-refractivity contribution in [3.05, 3.63) is 24.5 Å². The van der Waals surface area contributed by atoms with Crippen LogP contribution in [0.4, 0.5) is 5.69 Å². The Hall–Kier alpha value is -1.42. The fourth-order valence-electron chi connectivity index (χ4n) is 10.3. The number of nitrogens with one attached hydrogen (secondary N) is 1. The monoisotopic (exact) mass is 436 g/mol. The number of rotatable bonds is 4. The van der Waals surface area contributed by atoms with Crippen molar-refractivity contribution >= 4 is 11.6 Å². The van der Waals surface area contributed by atoms with E-state index in [0.29, 0.717) is 22.9 Å². The van der Waals surface area contributed by atoms with Gasteiger partial charge >= 0.3 is 0 Å². The molecule has 0 aliphatic heterocycles. The zero-order valence-corrected chi connectivity index (χ0v) is 20.3. The standard InChI is InChI=1S/C28H40N2O2/c1-17(25(31)30-19-9-13-29-14-10-19)21-5-6-22-20-15-24(32-4)28-16-18(28)7-12-27(28,3)23(20)8-11-26(21,22)2/h9-10,13-14,17-18,20-24H,5-8,11-12,15-16H2,1-4H3,(H,29,30,31)/t17?,18-,20+,21-,22+,23+,24?,26-,27-,28+/m1/s1. The van der Waals surface area contributed by atoms with Gasteiger partial charge in [-0.2, -0.15) is 0 Å². The highest BCUT2D eigenvalue weighted by atomic mass is 16.5. The molecule has 1 aromatic heterocycles. The number of hydrogen-bond donors (Lipinski definition) is 1. The summed E-state index contributed by atoms with van der Waals surface area (Å²) in [4.78, 5) is 17.3.